The van der Waals surface area contributed by atoms with Gasteiger partial charge in [-0.3, -0.25) is 14.9 Å². The number of imide groups is 1. The van der Waals surface area contributed by atoms with Gasteiger partial charge in [-0.15, -0.1) is 0 Å². The number of carbonyl (C=O) groups excluding carboxylic acids is 3. The van der Waals surface area contributed by atoms with Crippen molar-refractivity contribution in [2.24, 2.45) is 0 Å². The minimum absolute atomic E-state index is 0.0779. The van der Waals surface area contributed by atoms with Gasteiger partial charge in [0.05, 0.1) is 7.11 Å². The monoisotopic (exact) mass is 407 g/mol. The quantitative estimate of drug-likeness (QED) is 0.663. The molecule has 1 saturated heterocycles. The van der Waals surface area contributed by atoms with E-state index in [-0.39, 0.29) is 11.8 Å². The molecule has 2 aliphatic rings. The van der Waals surface area contributed by atoms with Gasteiger partial charge in [-0.2, -0.15) is 0 Å². The summed E-state index contributed by atoms with van der Waals surface area (Å²) in [6.45, 7) is 1.64. The number of rotatable bonds is 5. The minimum atomic E-state index is -1.15. The molecule has 7 heteroatoms. The Morgan fingerprint density at radius 1 is 1.23 bits per heavy atom. The van der Waals surface area contributed by atoms with E-state index in [0.717, 1.165) is 25.0 Å². The largest absolute Gasteiger partial charge is 0.497 e. The van der Waals surface area contributed by atoms with Gasteiger partial charge >= 0.3 is 6.03 Å². The molecule has 4 amide bonds. The molecule has 0 spiro atoms. The summed E-state index contributed by atoms with van der Waals surface area (Å²) in [5.74, 6) is 0.517. The molecule has 2 atom stereocenters. The van der Waals surface area contributed by atoms with Crippen LogP contribution in [0.1, 0.15) is 48.8 Å². The van der Waals surface area contributed by atoms with Crippen molar-refractivity contribution in [2.75, 3.05) is 12.4 Å². The van der Waals surface area contributed by atoms with E-state index in [1.54, 1.807) is 38.3 Å². The van der Waals surface area contributed by atoms with Crippen molar-refractivity contribution in [3.05, 3.63) is 59.2 Å². The molecule has 30 heavy (non-hydrogen) atoms. The average Bonchev–Trinajstić information content (AvgIpc) is 3.00. The van der Waals surface area contributed by atoms with E-state index < -0.39 is 17.5 Å². The molecule has 1 aliphatic heterocycles. The third-order valence-corrected chi connectivity index (χ3v) is 5.99. The first-order valence-electron chi connectivity index (χ1n) is 10.1. The number of ether oxygens (including phenoxy) is 1. The van der Waals surface area contributed by atoms with Crippen molar-refractivity contribution in [1.82, 2.24) is 10.6 Å². The molecular weight excluding hydrogens is 382 g/mol. The molecule has 2 aromatic carbocycles. The number of amides is 4. The molecule has 2 unspecified atom stereocenters. The lowest BCUT2D eigenvalue weighted by molar-refractivity contribution is -0.123. The first kappa shape index (κ1) is 19.9. The maximum atomic E-state index is 12.8. The Labute approximate surface area is 175 Å². The minimum Gasteiger partial charge on any atom is -0.497 e. The first-order chi connectivity index (χ1) is 14.4. The van der Waals surface area contributed by atoms with Crippen molar-refractivity contribution in [2.45, 2.75) is 44.1 Å². The number of methoxy groups -OCH3 is 1. The summed E-state index contributed by atoms with van der Waals surface area (Å²) in [7, 11) is 1.66. The fourth-order valence-corrected chi connectivity index (χ4v) is 4.32. The third-order valence-electron chi connectivity index (χ3n) is 5.99. The molecule has 0 radical (unpaired) electrons. The smallest absolute Gasteiger partial charge is 0.322 e. The Morgan fingerprint density at radius 2 is 2.07 bits per heavy atom. The highest BCUT2D eigenvalue weighted by atomic mass is 16.5. The van der Waals surface area contributed by atoms with Crippen LogP contribution in [0.3, 0.4) is 0 Å². The summed E-state index contributed by atoms with van der Waals surface area (Å²) in [6.07, 6.45) is 3.40. The normalized spacial score (nSPS) is 22.7. The van der Waals surface area contributed by atoms with Gasteiger partial charge in [0.15, 0.2) is 0 Å². The molecule has 4 rings (SSSR count). The number of urea groups is 1. The van der Waals surface area contributed by atoms with Gasteiger partial charge in [-0.25, -0.2) is 4.79 Å². The predicted molar refractivity (Wildman–Crippen MR) is 112 cm³/mol. The van der Waals surface area contributed by atoms with Crippen molar-refractivity contribution < 1.29 is 19.1 Å². The van der Waals surface area contributed by atoms with Gasteiger partial charge in [0.2, 0.25) is 5.91 Å². The van der Waals surface area contributed by atoms with E-state index >= 15 is 0 Å². The summed E-state index contributed by atoms with van der Waals surface area (Å²) in [4.78, 5) is 36.5. The summed E-state index contributed by atoms with van der Waals surface area (Å²) in [6, 6.07) is 12.6. The fraction of sp³-hybridized carbons (Fsp3) is 0.348. The zero-order valence-corrected chi connectivity index (χ0v) is 17.1. The van der Waals surface area contributed by atoms with Crippen LogP contribution in [0.2, 0.25) is 0 Å². The van der Waals surface area contributed by atoms with Crippen molar-refractivity contribution in [3.63, 3.8) is 0 Å². The molecule has 0 saturated carbocycles. The summed E-state index contributed by atoms with van der Waals surface area (Å²) in [5.41, 5.74) is 2.51. The van der Waals surface area contributed by atoms with Gasteiger partial charge in [0.1, 0.15) is 11.3 Å². The Bertz CT molecular complexity index is 1020. The van der Waals surface area contributed by atoms with E-state index in [2.05, 4.69) is 28.1 Å². The lowest BCUT2D eigenvalue weighted by atomic mass is 9.81. The van der Waals surface area contributed by atoms with E-state index in [0.29, 0.717) is 17.7 Å². The third kappa shape index (κ3) is 3.75. The summed E-state index contributed by atoms with van der Waals surface area (Å²) < 4.78 is 5.32. The molecule has 1 aliphatic carbocycles. The lowest BCUT2D eigenvalue weighted by Gasteiger charge is -2.26. The molecule has 0 aromatic heterocycles. The first-order valence-corrected chi connectivity index (χ1v) is 10.1. The molecule has 156 valence electrons. The van der Waals surface area contributed by atoms with Gasteiger partial charge < -0.3 is 15.4 Å². The SMILES string of the molecule is COc1ccc2c(c1)CCCC2CC(=O)Nc1cccc(C2(C)NC(=O)NC2=O)c1. The Morgan fingerprint density at radius 3 is 2.80 bits per heavy atom. The number of hydrogen-bond donors (Lipinski definition) is 3. The number of aryl methyl sites for hydroxylation is 1. The molecule has 0 bridgehead atoms. The van der Waals surface area contributed by atoms with Crippen LogP contribution in [0.15, 0.2) is 42.5 Å². The van der Waals surface area contributed by atoms with Crippen molar-refractivity contribution >= 4 is 23.5 Å². The average molecular weight is 407 g/mol. The maximum Gasteiger partial charge on any atom is 0.322 e. The van der Waals surface area contributed by atoms with Crippen LogP contribution in [0, 0.1) is 0 Å². The second-order valence-corrected chi connectivity index (χ2v) is 8.02. The summed E-state index contributed by atoms with van der Waals surface area (Å²) in [5, 5.41) is 7.83. The van der Waals surface area contributed by atoms with Gasteiger partial charge in [-0.05, 0) is 73.1 Å². The number of hydrogen-bond acceptors (Lipinski definition) is 4. The van der Waals surface area contributed by atoms with Crippen LogP contribution < -0.4 is 20.7 Å². The summed E-state index contributed by atoms with van der Waals surface area (Å²) >= 11 is 0. The Balaban J connectivity index is 1.47. The molecule has 3 N–H and O–H groups in total. The van der Waals surface area contributed by atoms with Crippen LogP contribution in [0.4, 0.5) is 10.5 Å². The van der Waals surface area contributed by atoms with E-state index in [1.807, 2.05) is 6.07 Å². The number of carbonyl (C=O) groups is 3. The van der Waals surface area contributed by atoms with Gasteiger partial charge in [0.25, 0.3) is 5.91 Å². The molecule has 1 fully saturated rings. The number of nitrogens with one attached hydrogen (secondary N) is 3. The van der Waals surface area contributed by atoms with Gasteiger partial charge in [0, 0.05) is 12.1 Å². The second-order valence-electron chi connectivity index (χ2n) is 8.02. The van der Waals surface area contributed by atoms with Crippen molar-refractivity contribution in [1.29, 1.82) is 0 Å². The highest BCUT2D eigenvalue weighted by Gasteiger charge is 2.43. The molecular formula is C23H25N3O4. The zero-order chi connectivity index (χ0) is 21.3. The predicted octanol–water partition coefficient (Wildman–Crippen LogP) is 3.20. The van der Waals surface area contributed by atoms with Gasteiger partial charge in [-0.1, -0.05) is 18.2 Å². The van der Waals surface area contributed by atoms with Crippen LogP contribution in [0.25, 0.3) is 0 Å². The zero-order valence-electron chi connectivity index (χ0n) is 17.1. The van der Waals surface area contributed by atoms with Crippen LogP contribution in [-0.2, 0) is 21.5 Å². The standard InChI is InChI=1S/C23H25N3O4/c1-23(21(28)25-22(29)26-23)16-7-4-8-17(13-16)24-20(27)12-15-6-3-5-14-11-18(30-2)9-10-19(14)15/h4,7-11,13,15H,3,5-6,12H2,1-2H3,(H,24,27)(H2,25,26,28,29). The highest BCUT2D eigenvalue weighted by Crippen LogP contribution is 2.36. The number of fused-ring (bicyclic) bond motifs is 1. The van der Waals surface area contributed by atoms with Crippen molar-refractivity contribution in [3.8, 4) is 5.75 Å². The fourth-order valence-electron chi connectivity index (χ4n) is 4.32. The Kier molecular flexibility index (Phi) is 5.20. The van der Waals surface area contributed by atoms with E-state index in [9.17, 15) is 14.4 Å². The second kappa shape index (κ2) is 7.82. The van der Waals surface area contributed by atoms with E-state index in [1.165, 1.54) is 11.1 Å². The highest BCUT2D eigenvalue weighted by molar-refractivity contribution is 6.07. The number of benzene rings is 2. The topological polar surface area (TPSA) is 96.5 Å². The number of anilines is 1. The van der Waals surface area contributed by atoms with E-state index in [4.69, 9.17) is 4.74 Å². The van der Waals surface area contributed by atoms with Crippen LogP contribution >= 0.6 is 0 Å². The Hall–Kier alpha value is -3.35. The molecule has 7 nitrogen and oxygen atoms in total. The van der Waals surface area contributed by atoms with Crippen LogP contribution in [0.5, 0.6) is 5.75 Å². The maximum absolute atomic E-state index is 12.8. The lowest BCUT2D eigenvalue weighted by Crippen LogP contribution is -2.40. The molecule has 2 aromatic rings. The molecule has 1 heterocycles. The van der Waals surface area contributed by atoms with Crippen LogP contribution in [-0.4, -0.2) is 25.0 Å².